The van der Waals surface area contributed by atoms with Crippen LogP contribution in [0.1, 0.15) is 41.0 Å². The Morgan fingerprint density at radius 2 is 1.82 bits per heavy atom. The van der Waals surface area contributed by atoms with Crippen LogP contribution in [0.15, 0.2) is 54.9 Å². The summed E-state index contributed by atoms with van der Waals surface area (Å²) in [7, 11) is 0. The van der Waals surface area contributed by atoms with Crippen molar-refractivity contribution in [3.63, 3.8) is 0 Å². The number of nitrogens with two attached hydrogens (primary N) is 2. The van der Waals surface area contributed by atoms with Crippen LogP contribution in [0.5, 0.6) is 0 Å². The molecule has 0 saturated carbocycles. The molecule has 1 unspecified atom stereocenters. The van der Waals surface area contributed by atoms with Crippen LogP contribution >= 0.6 is 0 Å². The molecular weight excluding hydrogens is 486 g/mol. The lowest BCUT2D eigenvalue weighted by atomic mass is 9.99. The number of benzene rings is 2. The fraction of sp³-hybridized carbons (Fsp3) is 0.296. The molecule has 1 saturated heterocycles. The predicted octanol–water partition coefficient (Wildman–Crippen LogP) is 1.55. The molecule has 38 heavy (non-hydrogen) atoms. The van der Waals surface area contributed by atoms with Gasteiger partial charge in [-0.15, -0.1) is 0 Å². The third-order valence-electron chi connectivity index (χ3n) is 6.98. The van der Waals surface area contributed by atoms with E-state index in [1.807, 2.05) is 23.1 Å². The zero-order valence-electron chi connectivity index (χ0n) is 20.8. The average molecular weight is 516 g/mol. The summed E-state index contributed by atoms with van der Waals surface area (Å²) in [6.45, 7) is 0.940. The van der Waals surface area contributed by atoms with Crippen molar-refractivity contribution in [2.24, 2.45) is 11.5 Å². The number of amides is 4. The Balaban J connectivity index is 1.42. The van der Waals surface area contributed by atoms with E-state index in [4.69, 9.17) is 11.5 Å². The molecule has 0 spiro atoms. The number of nitrogens with one attached hydrogen (secondary N) is 1. The number of piperidine rings is 1. The quantitative estimate of drug-likeness (QED) is 0.433. The summed E-state index contributed by atoms with van der Waals surface area (Å²) in [5.74, 6) is -1.24. The highest BCUT2D eigenvalue weighted by atomic mass is 16.2. The van der Waals surface area contributed by atoms with E-state index < -0.39 is 17.9 Å². The minimum atomic E-state index is -0.669. The smallest absolute Gasteiger partial charge is 0.248 e. The molecular formula is C27H29N7O4. The van der Waals surface area contributed by atoms with E-state index in [1.54, 1.807) is 46.1 Å². The van der Waals surface area contributed by atoms with Gasteiger partial charge in [0.15, 0.2) is 0 Å². The summed E-state index contributed by atoms with van der Waals surface area (Å²) in [6.07, 6.45) is 4.24. The molecule has 1 atom stereocenters. The first-order valence-electron chi connectivity index (χ1n) is 12.5. The maximum atomic E-state index is 13.6. The monoisotopic (exact) mass is 515 g/mol. The number of nitrogens with zero attached hydrogens (tertiary/aromatic N) is 4. The highest BCUT2D eigenvalue weighted by Crippen LogP contribution is 2.30. The minimum absolute atomic E-state index is 0.0372. The van der Waals surface area contributed by atoms with Crippen molar-refractivity contribution in [3.8, 4) is 0 Å². The van der Waals surface area contributed by atoms with Crippen molar-refractivity contribution < 1.29 is 19.2 Å². The molecule has 2 aromatic carbocycles. The lowest BCUT2D eigenvalue weighted by Gasteiger charge is -2.36. The zero-order valence-corrected chi connectivity index (χ0v) is 20.8. The first kappa shape index (κ1) is 25.0. The van der Waals surface area contributed by atoms with Crippen molar-refractivity contribution in [1.82, 2.24) is 9.55 Å². The first-order chi connectivity index (χ1) is 18.3. The van der Waals surface area contributed by atoms with E-state index in [1.165, 1.54) is 0 Å². The summed E-state index contributed by atoms with van der Waals surface area (Å²) >= 11 is 0. The minimum Gasteiger partial charge on any atom is -0.368 e. The Bertz CT molecular complexity index is 1400. The van der Waals surface area contributed by atoms with Crippen LogP contribution in [-0.4, -0.2) is 45.8 Å². The highest BCUT2D eigenvalue weighted by molar-refractivity contribution is 5.99. The summed E-state index contributed by atoms with van der Waals surface area (Å²) in [6, 6.07) is 13.3. The normalized spacial score (nSPS) is 17.2. The Labute approximate surface area is 219 Å². The lowest BCUT2D eigenvalue weighted by Crippen LogP contribution is -2.48. The van der Waals surface area contributed by atoms with Crippen LogP contribution in [0, 0.1) is 0 Å². The lowest BCUT2D eigenvalue weighted by molar-refractivity contribution is -0.120. The Morgan fingerprint density at radius 3 is 2.53 bits per heavy atom. The molecule has 1 aromatic heterocycles. The third-order valence-corrected chi connectivity index (χ3v) is 6.98. The fourth-order valence-corrected chi connectivity index (χ4v) is 5.06. The van der Waals surface area contributed by atoms with Gasteiger partial charge in [0.2, 0.25) is 23.6 Å². The number of imidazole rings is 1. The van der Waals surface area contributed by atoms with Gasteiger partial charge in [-0.1, -0.05) is 6.07 Å². The molecule has 11 heteroatoms. The maximum Gasteiger partial charge on any atom is 0.248 e. The molecule has 0 radical (unpaired) electrons. The first-order valence-corrected chi connectivity index (χ1v) is 12.5. The topological polar surface area (TPSA) is 157 Å². The number of fused-ring (bicyclic) bond motifs is 1. The summed E-state index contributed by atoms with van der Waals surface area (Å²) < 4.78 is 1.67. The van der Waals surface area contributed by atoms with Crippen LogP contribution in [-0.2, 0) is 33.9 Å². The third kappa shape index (κ3) is 5.08. The SMILES string of the molecule is NC(=O)Cn1cnc2c1CC(C(=O)Nc1ccc(N3CCCCC3=O)cc1)N(c1cccc(C(N)=O)c1)C2. The number of anilines is 3. The second-order valence-corrected chi connectivity index (χ2v) is 9.53. The standard InChI is InChI=1S/C27H29N7O4/c28-24(35)15-32-16-30-21-14-34(20-5-3-4-17(12-20)26(29)37)23(13-22(21)32)27(38)31-18-7-9-19(10-8-18)33-11-2-1-6-25(33)36/h3-5,7-10,12,16,23H,1-2,6,11,13-15H2,(H2,28,35)(H2,29,37)(H,31,38). The summed E-state index contributed by atoms with van der Waals surface area (Å²) in [4.78, 5) is 57.4. The zero-order chi connectivity index (χ0) is 26.8. The number of aromatic nitrogens is 2. The largest absolute Gasteiger partial charge is 0.368 e. The number of primary amides is 2. The van der Waals surface area contributed by atoms with E-state index in [0.717, 1.165) is 29.9 Å². The van der Waals surface area contributed by atoms with Gasteiger partial charge in [-0.3, -0.25) is 19.2 Å². The van der Waals surface area contributed by atoms with Crippen molar-refractivity contribution in [1.29, 1.82) is 0 Å². The van der Waals surface area contributed by atoms with E-state index in [-0.39, 0.29) is 31.3 Å². The molecule has 5 rings (SSSR count). The fourth-order valence-electron chi connectivity index (χ4n) is 5.06. The van der Waals surface area contributed by atoms with Gasteiger partial charge >= 0.3 is 0 Å². The number of hydrogen-bond acceptors (Lipinski definition) is 6. The van der Waals surface area contributed by atoms with Gasteiger partial charge in [0.25, 0.3) is 0 Å². The van der Waals surface area contributed by atoms with Gasteiger partial charge in [0.05, 0.1) is 18.6 Å². The molecule has 196 valence electrons. The predicted molar refractivity (Wildman–Crippen MR) is 141 cm³/mol. The number of hydrogen-bond donors (Lipinski definition) is 3. The van der Waals surface area contributed by atoms with Crippen molar-refractivity contribution >= 4 is 40.7 Å². The van der Waals surface area contributed by atoms with Gasteiger partial charge < -0.3 is 31.2 Å². The highest BCUT2D eigenvalue weighted by Gasteiger charge is 2.35. The van der Waals surface area contributed by atoms with Gasteiger partial charge in [0, 0.05) is 47.7 Å². The van der Waals surface area contributed by atoms with Crippen molar-refractivity contribution in [3.05, 3.63) is 71.8 Å². The molecule has 2 aliphatic heterocycles. The van der Waals surface area contributed by atoms with E-state index >= 15 is 0 Å². The molecule has 3 heterocycles. The summed E-state index contributed by atoms with van der Waals surface area (Å²) in [5.41, 5.74) is 14.7. The van der Waals surface area contributed by atoms with Crippen molar-refractivity contribution in [2.75, 3.05) is 21.7 Å². The molecule has 4 amide bonds. The van der Waals surface area contributed by atoms with Gasteiger partial charge in [-0.05, 0) is 55.3 Å². The molecule has 1 fully saturated rings. The second-order valence-electron chi connectivity index (χ2n) is 9.53. The summed E-state index contributed by atoms with van der Waals surface area (Å²) in [5, 5.41) is 2.98. The van der Waals surface area contributed by atoms with Crippen LogP contribution < -0.4 is 26.6 Å². The average Bonchev–Trinajstić information content (AvgIpc) is 3.29. The molecule has 3 aromatic rings. The number of carbonyl (C=O) groups is 4. The maximum absolute atomic E-state index is 13.6. The van der Waals surface area contributed by atoms with Crippen molar-refractivity contribution in [2.45, 2.75) is 44.8 Å². The van der Waals surface area contributed by atoms with Gasteiger partial charge in [0.1, 0.15) is 12.6 Å². The van der Waals surface area contributed by atoms with E-state index in [9.17, 15) is 19.2 Å². The van der Waals surface area contributed by atoms with Crippen LogP contribution in [0.2, 0.25) is 0 Å². The Morgan fingerprint density at radius 1 is 1.03 bits per heavy atom. The molecule has 2 aliphatic rings. The van der Waals surface area contributed by atoms with Gasteiger partial charge in [-0.2, -0.15) is 0 Å². The molecule has 11 nitrogen and oxygen atoms in total. The van der Waals surface area contributed by atoms with E-state index in [2.05, 4.69) is 10.3 Å². The second kappa shape index (κ2) is 10.4. The van der Waals surface area contributed by atoms with Crippen LogP contribution in [0.3, 0.4) is 0 Å². The van der Waals surface area contributed by atoms with Crippen LogP contribution in [0.4, 0.5) is 17.1 Å². The number of rotatable bonds is 7. The molecule has 0 bridgehead atoms. The molecule has 5 N–H and O–H groups in total. The van der Waals surface area contributed by atoms with E-state index in [0.29, 0.717) is 29.9 Å². The van der Waals surface area contributed by atoms with Crippen LogP contribution in [0.25, 0.3) is 0 Å². The van der Waals surface area contributed by atoms with Gasteiger partial charge in [-0.25, -0.2) is 4.98 Å². The Hall–Kier alpha value is -4.67. The molecule has 0 aliphatic carbocycles. The Kier molecular flexibility index (Phi) is 6.82. The number of carbonyl (C=O) groups excluding carboxylic acids is 4.